The minimum absolute atomic E-state index is 0.0455. The maximum Gasteiger partial charge on any atom is 0.281 e. The standard InChI is InChI=1S/C18H13N5O3S/c1-10-11(2)19-18(21-16(10)24)23-15(20-17(25)14-6-4-8-27-14)9-12(22-23)13-5-3-7-26-13/h3-9H,1H2,2H3,(H,20,25). The molecule has 3 aromatic rings. The molecule has 8 nitrogen and oxygen atoms in total. The van der Waals surface area contributed by atoms with Crippen LogP contribution in [0.5, 0.6) is 0 Å². The third-order valence-electron chi connectivity index (χ3n) is 3.82. The quantitative estimate of drug-likeness (QED) is 0.706. The number of thiophene rings is 1. The second kappa shape index (κ2) is 6.61. The number of furan rings is 1. The van der Waals surface area contributed by atoms with E-state index in [0.29, 0.717) is 27.9 Å². The number of carbonyl (C=O) groups is 2. The van der Waals surface area contributed by atoms with E-state index in [1.165, 1.54) is 22.3 Å². The van der Waals surface area contributed by atoms with E-state index in [1.54, 1.807) is 37.3 Å². The summed E-state index contributed by atoms with van der Waals surface area (Å²) in [6, 6.07) is 8.59. The molecular formula is C18H13N5O3S. The summed E-state index contributed by atoms with van der Waals surface area (Å²) in [6.45, 7) is 5.32. The number of rotatable bonds is 3. The zero-order valence-electron chi connectivity index (χ0n) is 14.2. The Labute approximate surface area is 157 Å². The van der Waals surface area contributed by atoms with E-state index in [4.69, 9.17) is 4.42 Å². The average molecular weight is 379 g/mol. The summed E-state index contributed by atoms with van der Waals surface area (Å²) in [6.07, 6.45) is 1.52. The van der Waals surface area contributed by atoms with Gasteiger partial charge in [-0.25, -0.2) is 4.99 Å². The van der Waals surface area contributed by atoms with Crippen molar-refractivity contribution in [2.45, 2.75) is 6.92 Å². The zero-order valence-corrected chi connectivity index (χ0v) is 15.0. The minimum Gasteiger partial charge on any atom is -0.463 e. The second-order valence-electron chi connectivity index (χ2n) is 5.63. The van der Waals surface area contributed by atoms with Crippen LogP contribution >= 0.6 is 11.3 Å². The topological polar surface area (TPSA) is 102 Å². The van der Waals surface area contributed by atoms with Gasteiger partial charge in [-0.3, -0.25) is 9.59 Å². The van der Waals surface area contributed by atoms with Crippen LogP contribution in [0.25, 0.3) is 11.5 Å². The van der Waals surface area contributed by atoms with Crippen LogP contribution in [-0.4, -0.2) is 33.3 Å². The van der Waals surface area contributed by atoms with Crippen LogP contribution in [0.3, 0.4) is 0 Å². The van der Waals surface area contributed by atoms with E-state index in [2.05, 4.69) is 27.0 Å². The van der Waals surface area contributed by atoms with E-state index in [0.717, 1.165) is 0 Å². The summed E-state index contributed by atoms with van der Waals surface area (Å²) in [5, 5.41) is 8.99. The van der Waals surface area contributed by atoms with Gasteiger partial charge >= 0.3 is 0 Å². The lowest BCUT2D eigenvalue weighted by Crippen LogP contribution is -2.25. The molecule has 1 aliphatic rings. The summed E-state index contributed by atoms with van der Waals surface area (Å²) in [7, 11) is 0. The summed E-state index contributed by atoms with van der Waals surface area (Å²) in [5.41, 5.74) is 1.13. The number of aliphatic imine (C=N–C) groups is 2. The summed E-state index contributed by atoms with van der Waals surface area (Å²) in [4.78, 5) is 33.2. The number of hydrogen-bond donors (Lipinski definition) is 1. The minimum atomic E-state index is -0.497. The Morgan fingerprint density at radius 3 is 2.81 bits per heavy atom. The highest BCUT2D eigenvalue weighted by Crippen LogP contribution is 2.24. The Hall–Kier alpha value is -3.59. The molecule has 27 heavy (non-hydrogen) atoms. The SMILES string of the molecule is C=C1C(=O)N=C(n2nc(-c3ccco3)cc2NC(=O)c2cccs2)N=C1C. The fourth-order valence-corrected chi connectivity index (χ4v) is 3.02. The van der Waals surface area contributed by atoms with Crippen LogP contribution in [0.4, 0.5) is 5.82 Å². The van der Waals surface area contributed by atoms with Crippen molar-refractivity contribution < 1.29 is 14.0 Å². The maximum atomic E-state index is 12.5. The number of carbonyl (C=O) groups excluding carboxylic acids is 2. The van der Waals surface area contributed by atoms with Crippen LogP contribution in [0.15, 0.2) is 68.5 Å². The van der Waals surface area contributed by atoms with Gasteiger partial charge in [-0.1, -0.05) is 12.6 Å². The van der Waals surface area contributed by atoms with Gasteiger partial charge in [0.15, 0.2) is 5.76 Å². The van der Waals surface area contributed by atoms with Crippen molar-refractivity contribution in [1.29, 1.82) is 0 Å². The molecule has 0 saturated heterocycles. The van der Waals surface area contributed by atoms with Gasteiger partial charge in [0.25, 0.3) is 17.8 Å². The van der Waals surface area contributed by atoms with Crippen molar-refractivity contribution in [3.63, 3.8) is 0 Å². The Balaban J connectivity index is 1.77. The van der Waals surface area contributed by atoms with Gasteiger partial charge in [-0.2, -0.15) is 14.8 Å². The molecule has 0 radical (unpaired) electrons. The Bertz CT molecular complexity index is 1100. The number of anilines is 1. The molecule has 9 heteroatoms. The van der Waals surface area contributed by atoms with Gasteiger partial charge < -0.3 is 9.73 Å². The fourth-order valence-electron chi connectivity index (χ4n) is 2.40. The van der Waals surface area contributed by atoms with Crippen LogP contribution in [0, 0.1) is 0 Å². The van der Waals surface area contributed by atoms with Crippen molar-refractivity contribution in [1.82, 2.24) is 9.78 Å². The van der Waals surface area contributed by atoms with Gasteiger partial charge in [0.05, 0.1) is 22.4 Å². The molecule has 1 aliphatic heterocycles. The van der Waals surface area contributed by atoms with Crippen LogP contribution in [0.1, 0.15) is 16.6 Å². The second-order valence-corrected chi connectivity index (χ2v) is 6.58. The highest BCUT2D eigenvalue weighted by atomic mass is 32.1. The predicted octanol–water partition coefficient (Wildman–Crippen LogP) is 3.22. The van der Waals surface area contributed by atoms with E-state index in [-0.39, 0.29) is 17.4 Å². The summed E-state index contributed by atoms with van der Waals surface area (Å²) < 4.78 is 6.67. The van der Waals surface area contributed by atoms with Gasteiger partial charge in [0, 0.05) is 6.07 Å². The molecule has 1 N–H and O–H groups in total. The predicted molar refractivity (Wildman–Crippen MR) is 102 cm³/mol. The Morgan fingerprint density at radius 2 is 2.15 bits per heavy atom. The van der Waals surface area contributed by atoms with Gasteiger partial charge in [0.1, 0.15) is 11.5 Å². The van der Waals surface area contributed by atoms with E-state index in [1.807, 2.05) is 5.38 Å². The van der Waals surface area contributed by atoms with Crippen molar-refractivity contribution >= 4 is 40.6 Å². The molecule has 0 aliphatic carbocycles. The monoisotopic (exact) mass is 379 g/mol. The first-order valence-corrected chi connectivity index (χ1v) is 8.77. The molecule has 0 unspecified atom stereocenters. The van der Waals surface area contributed by atoms with Gasteiger partial charge in [-0.15, -0.1) is 11.3 Å². The number of amides is 2. The van der Waals surface area contributed by atoms with Crippen molar-refractivity contribution in [3.05, 3.63) is 59.0 Å². The first kappa shape index (κ1) is 16.9. The third-order valence-corrected chi connectivity index (χ3v) is 4.69. The van der Waals surface area contributed by atoms with Crippen LogP contribution < -0.4 is 5.32 Å². The van der Waals surface area contributed by atoms with Crippen molar-refractivity contribution in [2.75, 3.05) is 5.32 Å². The molecule has 0 spiro atoms. The number of nitrogens with one attached hydrogen (secondary N) is 1. The van der Waals surface area contributed by atoms with Crippen LogP contribution in [0.2, 0.25) is 0 Å². The van der Waals surface area contributed by atoms with E-state index in [9.17, 15) is 9.59 Å². The zero-order chi connectivity index (χ0) is 19.0. The lowest BCUT2D eigenvalue weighted by molar-refractivity contribution is -0.113. The Morgan fingerprint density at radius 1 is 1.30 bits per heavy atom. The largest absolute Gasteiger partial charge is 0.463 e. The normalized spacial score (nSPS) is 14.1. The van der Waals surface area contributed by atoms with Crippen molar-refractivity contribution in [3.8, 4) is 11.5 Å². The van der Waals surface area contributed by atoms with Crippen LogP contribution in [-0.2, 0) is 4.79 Å². The third kappa shape index (κ3) is 3.15. The summed E-state index contributed by atoms with van der Waals surface area (Å²) in [5.74, 6) is 0.0703. The lowest BCUT2D eigenvalue weighted by Gasteiger charge is -2.12. The smallest absolute Gasteiger partial charge is 0.281 e. The summed E-state index contributed by atoms with van der Waals surface area (Å²) >= 11 is 1.31. The number of hydrogen-bond acceptors (Lipinski definition) is 6. The molecule has 0 bridgehead atoms. The van der Waals surface area contributed by atoms with E-state index < -0.39 is 5.91 Å². The molecular weight excluding hydrogens is 366 g/mol. The van der Waals surface area contributed by atoms with Gasteiger partial charge in [0.2, 0.25) is 0 Å². The first-order chi connectivity index (χ1) is 13.0. The molecule has 134 valence electrons. The molecule has 2 amide bonds. The van der Waals surface area contributed by atoms with Crippen molar-refractivity contribution in [2.24, 2.45) is 9.98 Å². The Kier molecular flexibility index (Phi) is 4.13. The average Bonchev–Trinajstić information content (AvgIpc) is 3.39. The highest BCUT2D eigenvalue weighted by molar-refractivity contribution is 7.12. The molecule has 0 aromatic carbocycles. The first-order valence-electron chi connectivity index (χ1n) is 7.89. The molecule has 0 atom stereocenters. The number of nitrogens with zero attached hydrogens (tertiary/aromatic N) is 4. The lowest BCUT2D eigenvalue weighted by atomic mass is 10.2. The number of aromatic nitrogens is 2. The molecule has 0 fully saturated rings. The van der Waals surface area contributed by atoms with E-state index >= 15 is 0 Å². The van der Waals surface area contributed by atoms with Gasteiger partial charge in [-0.05, 0) is 30.5 Å². The molecule has 3 aromatic heterocycles. The highest BCUT2D eigenvalue weighted by Gasteiger charge is 2.23. The molecule has 4 rings (SSSR count). The maximum absolute atomic E-state index is 12.5. The fraction of sp³-hybridized carbons (Fsp3) is 0.0556. The molecule has 4 heterocycles. The molecule has 0 saturated carbocycles.